The Bertz CT molecular complexity index is 745. The Hall–Kier alpha value is -2.37. The minimum atomic E-state index is -0.216. The lowest BCUT2D eigenvalue weighted by Gasteiger charge is -2.43. The molecule has 0 unspecified atom stereocenters. The lowest BCUT2D eigenvalue weighted by Crippen LogP contribution is -2.51. The van der Waals surface area contributed by atoms with Crippen molar-refractivity contribution in [1.82, 2.24) is 14.8 Å². The van der Waals surface area contributed by atoms with E-state index in [0.29, 0.717) is 18.7 Å². The van der Waals surface area contributed by atoms with Crippen LogP contribution in [0.1, 0.15) is 49.0 Å². The third kappa shape index (κ3) is 3.25. The van der Waals surface area contributed by atoms with Crippen LogP contribution in [0, 0.1) is 0 Å². The molecule has 0 radical (unpaired) electrons. The zero-order valence-electron chi connectivity index (χ0n) is 14.7. The Kier molecular flexibility index (Phi) is 4.79. The smallest absolute Gasteiger partial charge is 0.268 e. The van der Waals surface area contributed by atoms with Gasteiger partial charge < -0.3 is 14.8 Å². The van der Waals surface area contributed by atoms with Crippen LogP contribution in [-0.2, 0) is 11.8 Å². The number of nitrogens with one attached hydrogen (secondary N) is 1. The maximum Gasteiger partial charge on any atom is 0.268 e. The summed E-state index contributed by atoms with van der Waals surface area (Å²) in [5.74, 6) is -0.00623. The molecular weight excluding hydrogens is 318 g/mol. The highest BCUT2D eigenvalue weighted by molar-refractivity contribution is 5.92. The second-order valence-electron chi connectivity index (χ2n) is 7.07. The summed E-state index contributed by atoms with van der Waals surface area (Å²) in [5.41, 5.74) is 0.114. The van der Waals surface area contributed by atoms with Crippen LogP contribution in [0.15, 0.2) is 35.6 Å². The van der Waals surface area contributed by atoms with Crippen LogP contribution in [-0.4, -0.2) is 39.4 Å². The van der Waals surface area contributed by atoms with Crippen LogP contribution in [0.25, 0.3) is 0 Å². The van der Waals surface area contributed by atoms with E-state index >= 15 is 0 Å². The maximum atomic E-state index is 12.5. The Morgan fingerprint density at radius 3 is 2.72 bits per heavy atom. The van der Waals surface area contributed by atoms with Gasteiger partial charge in [0, 0.05) is 37.7 Å². The van der Waals surface area contributed by atoms with Crippen LogP contribution >= 0.6 is 0 Å². The Morgan fingerprint density at radius 1 is 1.32 bits per heavy atom. The molecular formula is C19H25N3O3. The summed E-state index contributed by atoms with van der Waals surface area (Å²) >= 11 is 0. The molecule has 2 aliphatic rings. The third-order valence-electron chi connectivity index (χ3n) is 5.66. The summed E-state index contributed by atoms with van der Waals surface area (Å²) in [6.07, 6.45) is 6.76. The van der Waals surface area contributed by atoms with Gasteiger partial charge in [-0.1, -0.05) is 12.1 Å². The lowest BCUT2D eigenvalue weighted by molar-refractivity contribution is -0.131. The van der Waals surface area contributed by atoms with E-state index in [0.717, 1.165) is 32.1 Å². The molecule has 6 heteroatoms. The molecule has 1 saturated heterocycles. The summed E-state index contributed by atoms with van der Waals surface area (Å²) in [5, 5.41) is 3.05. The Balaban J connectivity index is 1.64. The minimum absolute atomic E-state index is 0.0634. The molecule has 1 N–H and O–H groups in total. The van der Waals surface area contributed by atoms with E-state index in [2.05, 4.69) is 11.9 Å². The van der Waals surface area contributed by atoms with Crippen molar-refractivity contribution in [3.05, 3.63) is 46.9 Å². The fourth-order valence-electron chi connectivity index (χ4n) is 4.17. The minimum Gasteiger partial charge on any atom is -0.348 e. The van der Waals surface area contributed by atoms with E-state index in [4.69, 9.17) is 0 Å². The second kappa shape index (κ2) is 6.86. The second-order valence-corrected chi connectivity index (χ2v) is 7.07. The van der Waals surface area contributed by atoms with Crippen molar-refractivity contribution in [2.75, 3.05) is 6.54 Å². The van der Waals surface area contributed by atoms with Crippen LogP contribution in [0.3, 0.4) is 0 Å². The van der Waals surface area contributed by atoms with Gasteiger partial charge in [-0.05, 0) is 38.2 Å². The van der Waals surface area contributed by atoms with E-state index in [1.165, 1.54) is 10.6 Å². The molecule has 1 saturated carbocycles. The predicted octanol–water partition coefficient (Wildman–Crippen LogP) is 1.60. The van der Waals surface area contributed by atoms with E-state index < -0.39 is 0 Å². The van der Waals surface area contributed by atoms with Gasteiger partial charge in [-0.3, -0.25) is 14.4 Å². The summed E-state index contributed by atoms with van der Waals surface area (Å²) in [6.45, 7) is 4.36. The third-order valence-corrected chi connectivity index (χ3v) is 5.66. The standard InChI is InChI=1S/C19H25N3O3/c1-3-13-22-17(24)9-12-19(22)10-7-14(8-11-19)20-18(25)15-5-4-6-16(23)21(15)2/h3-6,14H,1,7-13H2,2H3,(H,20,25). The zero-order valence-corrected chi connectivity index (χ0v) is 14.7. The van der Waals surface area contributed by atoms with Crippen LogP contribution in [0.4, 0.5) is 0 Å². The fraction of sp³-hybridized carbons (Fsp3) is 0.526. The van der Waals surface area contributed by atoms with Crippen molar-refractivity contribution in [1.29, 1.82) is 0 Å². The van der Waals surface area contributed by atoms with Crippen LogP contribution < -0.4 is 10.9 Å². The van der Waals surface area contributed by atoms with Crippen LogP contribution in [0.5, 0.6) is 0 Å². The molecule has 0 aromatic carbocycles. The van der Waals surface area contributed by atoms with Gasteiger partial charge in [0.1, 0.15) is 5.69 Å². The Morgan fingerprint density at radius 2 is 2.04 bits per heavy atom. The molecule has 6 nitrogen and oxygen atoms in total. The molecule has 1 aliphatic carbocycles. The highest BCUT2D eigenvalue weighted by Gasteiger charge is 2.46. The highest BCUT2D eigenvalue weighted by Crippen LogP contribution is 2.42. The molecule has 25 heavy (non-hydrogen) atoms. The first-order chi connectivity index (χ1) is 12.0. The van der Waals surface area contributed by atoms with Crippen molar-refractivity contribution in [3.63, 3.8) is 0 Å². The van der Waals surface area contributed by atoms with Crippen molar-refractivity contribution in [2.45, 2.75) is 50.1 Å². The molecule has 1 aliphatic heterocycles. The monoisotopic (exact) mass is 343 g/mol. The largest absolute Gasteiger partial charge is 0.348 e. The summed E-state index contributed by atoms with van der Waals surface area (Å²) in [7, 11) is 1.60. The number of likely N-dealkylation sites (tertiary alicyclic amines) is 1. The average molecular weight is 343 g/mol. The number of hydrogen-bond donors (Lipinski definition) is 1. The van der Waals surface area contributed by atoms with E-state index in [1.807, 2.05) is 4.90 Å². The zero-order chi connectivity index (χ0) is 18.0. The van der Waals surface area contributed by atoms with Gasteiger partial charge in [-0.25, -0.2) is 0 Å². The van der Waals surface area contributed by atoms with Crippen molar-refractivity contribution in [3.8, 4) is 0 Å². The number of pyridine rings is 1. The average Bonchev–Trinajstić information content (AvgIpc) is 2.89. The summed E-state index contributed by atoms with van der Waals surface area (Å²) in [4.78, 5) is 38.2. The summed E-state index contributed by atoms with van der Waals surface area (Å²) < 4.78 is 1.36. The first-order valence-electron chi connectivity index (χ1n) is 8.85. The first-order valence-corrected chi connectivity index (χ1v) is 8.85. The molecule has 134 valence electrons. The normalized spacial score (nSPS) is 26.0. The first kappa shape index (κ1) is 17.5. The molecule has 1 spiro atoms. The number of nitrogens with zero attached hydrogens (tertiary/aromatic N) is 2. The molecule has 0 bridgehead atoms. The van der Waals surface area contributed by atoms with E-state index in [-0.39, 0.29) is 29.0 Å². The number of hydrogen-bond acceptors (Lipinski definition) is 3. The molecule has 1 aromatic rings. The van der Waals surface area contributed by atoms with Gasteiger partial charge in [0.25, 0.3) is 11.5 Å². The lowest BCUT2D eigenvalue weighted by atomic mass is 9.77. The summed E-state index contributed by atoms with van der Waals surface area (Å²) in [6, 6.07) is 4.77. The fourth-order valence-corrected chi connectivity index (χ4v) is 4.17. The predicted molar refractivity (Wildman–Crippen MR) is 95.3 cm³/mol. The van der Waals surface area contributed by atoms with Gasteiger partial charge in [-0.15, -0.1) is 6.58 Å². The number of amides is 2. The van der Waals surface area contributed by atoms with Gasteiger partial charge in [0.05, 0.1) is 0 Å². The van der Waals surface area contributed by atoms with Gasteiger partial charge in [0.2, 0.25) is 5.91 Å². The molecule has 2 heterocycles. The van der Waals surface area contributed by atoms with Crippen molar-refractivity contribution >= 4 is 11.8 Å². The van der Waals surface area contributed by atoms with Gasteiger partial charge in [-0.2, -0.15) is 0 Å². The Labute approximate surface area is 147 Å². The topological polar surface area (TPSA) is 71.4 Å². The molecule has 1 aromatic heterocycles. The number of carbonyl (C=O) groups excluding carboxylic acids is 2. The number of aromatic nitrogens is 1. The SMILES string of the molecule is C=CCN1C(=O)CCC12CCC(NC(=O)c1cccc(=O)n1C)CC2. The van der Waals surface area contributed by atoms with Crippen molar-refractivity contribution in [2.24, 2.45) is 7.05 Å². The van der Waals surface area contributed by atoms with Crippen molar-refractivity contribution < 1.29 is 9.59 Å². The van der Waals surface area contributed by atoms with Gasteiger partial charge in [0.15, 0.2) is 0 Å². The highest BCUT2D eigenvalue weighted by atomic mass is 16.2. The number of rotatable bonds is 4. The molecule has 2 amide bonds. The van der Waals surface area contributed by atoms with Crippen LogP contribution in [0.2, 0.25) is 0 Å². The van der Waals surface area contributed by atoms with E-state index in [1.54, 1.807) is 25.3 Å². The maximum absolute atomic E-state index is 12.5. The van der Waals surface area contributed by atoms with E-state index in [9.17, 15) is 14.4 Å². The van der Waals surface area contributed by atoms with Gasteiger partial charge >= 0.3 is 0 Å². The number of carbonyl (C=O) groups is 2. The molecule has 0 atom stereocenters. The quantitative estimate of drug-likeness (QED) is 0.844. The molecule has 2 fully saturated rings. The molecule has 3 rings (SSSR count).